The first-order valence-corrected chi connectivity index (χ1v) is 10.9. The Kier molecular flexibility index (Phi) is 6.08. The van der Waals surface area contributed by atoms with Crippen molar-refractivity contribution in [3.05, 3.63) is 40.1 Å². The minimum atomic E-state index is -4.08. The monoisotopic (exact) mass is 437 g/mol. The number of rotatable bonds is 9. The van der Waals surface area contributed by atoms with Crippen LogP contribution in [0.5, 0.6) is 11.6 Å². The van der Waals surface area contributed by atoms with Crippen molar-refractivity contribution in [2.45, 2.75) is 37.6 Å². The Morgan fingerprint density at radius 1 is 1.37 bits per heavy atom. The van der Waals surface area contributed by atoms with Gasteiger partial charge < -0.3 is 10.1 Å². The van der Waals surface area contributed by atoms with Gasteiger partial charge in [-0.3, -0.25) is 14.9 Å². The number of amides is 1. The van der Waals surface area contributed by atoms with Crippen LogP contribution in [-0.4, -0.2) is 41.6 Å². The number of nitrogens with one attached hydrogen (secondary N) is 2. The first-order valence-electron chi connectivity index (χ1n) is 9.37. The van der Waals surface area contributed by atoms with E-state index in [2.05, 4.69) is 15.1 Å². The molecule has 1 aliphatic carbocycles. The van der Waals surface area contributed by atoms with Crippen LogP contribution in [0, 0.1) is 16.0 Å². The van der Waals surface area contributed by atoms with Crippen LogP contribution in [0.3, 0.4) is 0 Å². The molecule has 12 heteroatoms. The summed E-state index contributed by atoms with van der Waals surface area (Å²) < 4.78 is 34.9. The summed E-state index contributed by atoms with van der Waals surface area (Å²) in [5.41, 5.74) is -0.259. The molecule has 1 fully saturated rings. The van der Waals surface area contributed by atoms with Crippen LogP contribution in [-0.2, 0) is 17.1 Å². The second kappa shape index (κ2) is 8.40. The van der Waals surface area contributed by atoms with E-state index >= 15 is 0 Å². The third-order valence-corrected chi connectivity index (χ3v) is 5.75. The Hall–Kier alpha value is -2.99. The SMILES string of the molecule is CC(C)CNS(=O)(=O)c1cc([N+](=O)[O-])ccc1Oc1cc(C(=O)NC2CC2)nn1C. The molecule has 30 heavy (non-hydrogen) atoms. The molecule has 1 aromatic carbocycles. The summed E-state index contributed by atoms with van der Waals surface area (Å²) in [7, 11) is -2.54. The fourth-order valence-electron chi connectivity index (χ4n) is 2.52. The number of nitro benzene ring substituents is 1. The van der Waals surface area contributed by atoms with Gasteiger partial charge >= 0.3 is 0 Å². The molecule has 162 valence electrons. The van der Waals surface area contributed by atoms with Crippen LogP contribution in [0.25, 0.3) is 0 Å². The van der Waals surface area contributed by atoms with Crippen LogP contribution in [0.1, 0.15) is 37.2 Å². The van der Waals surface area contributed by atoms with Crippen molar-refractivity contribution in [1.82, 2.24) is 19.8 Å². The summed E-state index contributed by atoms with van der Waals surface area (Å²) in [6.07, 6.45) is 1.85. The molecule has 2 N–H and O–H groups in total. The number of hydrogen-bond donors (Lipinski definition) is 2. The van der Waals surface area contributed by atoms with E-state index in [0.29, 0.717) is 0 Å². The number of hydrogen-bond acceptors (Lipinski definition) is 7. The number of carbonyl (C=O) groups excluding carboxylic acids is 1. The average molecular weight is 437 g/mol. The maximum absolute atomic E-state index is 12.7. The lowest BCUT2D eigenvalue weighted by atomic mass is 10.2. The van der Waals surface area contributed by atoms with Gasteiger partial charge in [-0.05, 0) is 24.8 Å². The molecule has 0 unspecified atom stereocenters. The molecule has 0 bridgehead atoms. The first-order chi connectivity index (χ1) is 14.1. The highest BCUT2D eigenvalue weighted by molar-refractivity contribution is 7.89. The topological polar surface area (TPSA) is 145 Å². The zero-order valence-corrected chi connectivity index (χ0v) is 17.6. The molecule has 1 aliphatic rings. The third-order valence-electron chi connectivity index (χ3n) is 4.31. The van der Waals surface area contributed by atoms with Gasteiger partial charge in [0.05, 0.1) is 4.92 Å². The Balaban J connectivity index is 1.92. The highest BCUT2D eigenvalue weighted by Crippen LogP contribution is 2.32. The van der Waals surface area contributed by atoms with Gasteiger partial charge in [-0.1, -0.05) is 13.8 Å². The number of benzene rings is 1. The number of nitrogens with zero attached hydrogens (tertiary/aromatic N) is 3. The van der Waals surface area contributed by atoms with Gasteiger partial charge in [-0.15, -0.1) is 0 Å². The summed E-state index contributed by atoms with van der Waals surface area (Å²) in [6.45, 7) is 3.82. The molecule has 1 saturated carbocycles. The smallest absolute Gasteiger partial charge is 0.272 e. The zero-order chi connectivity index (χ0) is 22.1. The van der Waals surface area contributed by atoms with E-state index < -0.39 is 14.9 Å². The number of carbonyl (C=O) groups is 1. The molecule has 0 aliphatic heterocycles. The second-order valence-corrected chi connectivity index (χ2v) is 9.21. The minimum absolute atomic E-state index is 0.0347. The average Bonchev–Trinajstić information content (AvgIpc) is 3.41. The second-order valence-electron chi connectivity index (χ2n) is 7.48. The Morgan fingerprint density at radius 2 is 2.07 bits per heavy atom. The van der Waals surface area contributed by atoms with Gasteiger partial charge in [0.15, 0.2) is 5.69 Å². The van der Waals surface area contributed by atoms with Gasteiger partial charge in [0.2, 0.25) is 15.9 Å². The van der Waals surface area contributed by atoms with E-state index in [1.807, 2.05) is 13.8 Å². The van der Waals surface area contributed by atoms with E-state index in [4.69, 9.17) is 4.74 Å². The van der Waals surface area contributed by atoms with Gasteiger partial charge in [-0.2, -0.15) is 5.10 Å². The third kappa shape index (κ3) is 5.13. The van der Waals surface area contributed by atoms with Crippen LogP contribution in [0.4, 0.5) is 5.69 Å². The number of aromatic nitrogens is 2. The number of non-ortho nitro benzene ring substituents is 1. The van der Waals surface area contributed by atoms with E-state index in [9.17, 15) is 23.3 Å². The molecule has 2 aromatic rings. The summed E-state index contributed by atoms with van der Waals surface area (Å²) >= 11 is 0. The molecule has 0 radical (unpaired) electrons. The van der Waals surface area contributed by atoms with Gasteiger partial charge in [0.1, 0.15) is 10.6 Å². The van der Waals surface area contributed by atoms with Crippen LogP contribution >= 0.6 is 0 Å². The van der Waals surface area contributed by atoms with Gasteiger partial charge in [0.25, 0.3) is 11.6 Å². The summed E-state index contributed by atoms with van der Waals surface area (Å²) in [4.78, 5) is 22.3. The van der Waals surface area contributed by atoms with E-state index in [1.165, 1.54) is 16.8 Å². The van der Waals surface area contributed by atoms with Crippen molar-refractivity contribution < 1.29 is 22.9 Å². The number of ether oxygens (including phenoxy) is 1. The largest absolute Gasteiger partial charge is 0.438 e. The lowest BCUT2D eigenvalue weighted by molar-refractivity contribution is -0.385. The normalized spacial score (nSPS) is 14.0. The quantitative estimate of drug-likeness (QED) is 0.450. The highest BCUT2D eigenvalue weighted by atomic mass is 32.2. The molecule has 1 aromatic heterocycles. The summed E-state index contributed by atoms with van der Waals surface area (Å²) in [5, 5.41) is 18.0. The van der Waals surface area contributed by atoms with Crippen molar-refractivity contribution >= 4 is 21.6 Å². The fraction of sp³-hybridized carbons (Fsp3) is 0.444. The Bertz CT molecular complexity index is 1070. The zero-order valence-electron chi connectivity index (χ0n) is 16.8. The molecule has 1 heterocycles. The standard InChI is InChI=1S/C18H23N5O6S/c1-11(2)10-19-30(27,28)16-8-13(23(25)26)6-7-15(16)29-17-9-14(21-22(17)3)18(24)20-12-4-5-12/h6-9,11-12,19H,4-5,10H2,1-3H3,(H,20,24). The van der Waals surface area contributed by atoms with Gasteiger partial charge in [0, 0.05) is 37.8 Å². The maximum atomic E-state index is 12.7. The highest BCUT2D eigenvalue weighted by Gasteiger charge is 2.27. The molecule has 11 nitrogen and oxygen atoms in total. The minimum Gasteiger partial charge on any atom is -0.438 e. The molecule has 0 saturated heterocycles. The molecular formula is C18H23N5O6S. The maximum Gasteiger partial charge on any atom is 0.272 e. The Morgan fingerprint density at radius 3 is 2.67 bits per heavy atom. The van der Waals surface area contributed by atoms with Crippen molar-refractivity contribution in [2.24, 2.45) is 13.0 Å². The predicted molar refractivity (Wildman–Crippen MR) is 107 cm³/mol. The number of nitro groups is 1. The Labute approximate surface area is 173 Å². The molecule has 0 spiro atoms. The number of aryl methyl sites for hydroxylation is 1. The van der Waals surface area contributed by atoms with Crippen LogP contribution in [0.2, 0.25) is 0 Å². The van der Waals surface area contributed by atoms with Crippen molar-refractivity contribution in [2.75, 3.05) is 6.54 Å². The van der Waals surface area contributed by atoms with E-state index in [0.717, 1.165) is 25.0 Å². The van der Waals surface area contributed by atoms with E-state index in [-0.39, 0.29) is 52.3 Å². The molecule has 1 amide bonds. The fourth-order valence-corrected chi connectivity index (χ4v) is 3.87. The van der Waals surface area contributed by atoms with Crippen molar-refractivity contribution in [1.29, 1.82) is 0 Å². The summed E-state index contributed by atoms with van der Waals surface area (Å²) in [6, 6.07) is 4.83. The van der Waals surface area contributed by atoms with Gasteiger partial charge in [-0.25, -0.2) is 17.8 Å². The first kappa shape index (κ1) is 21.7. The van der Waals surface area contributed by atoms with E-state index in [1.54, 1.807) is 7.05 Å². The number of sulfonamides is 1. The molecule has 3 rings (SSSR count). The molecular weight excluding hydrogens is 414 g/mol. The predicted octanol–water partition coefficient (Wildman–Crippen LogP) is 1.95. The summed E-state index contributed by atoms with van der Waals surface area (Å²) in [5.74, 6) is -0.315. The van der Waals surface area contributed by atoms with Crippen molar-refractivity contribution in [3.63, 3.8) is 0 Å². The van der Waals surface area contributed by atoms with Crippen molar-refractivity contribution in [3.8, 4) is 11.6 Å². The lowest BCUT2D eigenvalue weighted by Crippen LogP contribution is -2.28. The van der Waals surface area contributed by atoms with Crippen LogP contribution in [0.15, 0.2) is 29.2 Å². The van der Waals surface area contributed by atoms with Crippen LogP contribution < -0.4 is 14.8 Å². The lowest BCUT2D eigenvalue weighted by Gasteiger charge is -2.13. The molecule has 0 atom stereocenters.